The van der Waals surface area contributed by atoms with Crippen LogP contribution in [0.1, 0.15) is 19.8 Å². The smallest absolute Gasteiger partial charge is 0.0936 e. The van der Waals surface area contributed by atoms with Crippen LogP contribution in [0.2, 0.25) is 0 Å². The fourth-order valence-electron chi connectivity index (χ4n) is 1.87. The van der Waals surface area contributed by atoms with Gasteiger partial charge in [-0.15, -0.1) is 0 Å². The van der Waals surface area contributed by atoms with Gasteiger partial charge in [0, 0.05) is 19.7 Å². The van der Waals surface area contributed by atoms with E-state index in [1.54, 1.807) is 0 Å². The van der Waals surface area contributed by atoms with E-state index in [0.29, 0.717) is 12.2 Å². The molecule has 0 N–H and O–H groups in total. The van der Waals surface area contributed by atoms with Gasteiger partial charge in [-0.3, -0.25) is 4.90 Å². The van der Waals surface area contributed by atoms with Gasteiger partial charge in [0.15, 0.2) is 0 Å². The van der Waals surface area contributed by atoms with Gasteiger partial charge in [-0.05, 0) is 19.4 Å². The Morgan fingerprint density at radius 3 is 2.54 bits per heavy atom. The van der Waals surface area contributed by atoms with Crippen molar-refractivity contribution in [2.45, 2.75) is 32.0 Å². The average molecular weight is 185 g/mol. The third kappa shape index (κ3) is 2.93. The number of hydrogen-bond acceptors (Lipinski definition) is 3. The molecule has 2 fully saturated rings. The Kier molecular flexibility index (Phi) is 3.19. The van der Waals surface area contributed by atoms with Crippen LogP contribution < -0.4 is 0 Å². The zero-order chi connectivity index (χ0) is 9.10. The molecule has 0 aromatic rings. The second-order valence-electron chi connectivity index (χ2n) is 3.94. The molecule has 2 aliphatic heterocycles. The van der Waals surface area contributed by atoms with Crippen molar-refractivity contribution in [3.8, 4) is 0 Å². The second kappa shape index (κ2) is 4.40. The van der Waals surface area contributed by atoms with Crippen LogP contribution >= 0.6 is 0 Å². The Balaban J connectivity index is 1.68. The molecule has 0 aliphatic carbocycles. The summed E-state index contributed by atoms with van der Waals surface area (Å²) < 4.78 is 10.8. The number of ether oxygens (including phenoxy) is 2. The number of rotatable bonds is 5. The molecule has 2 saturated heterocycles. The summed E-state index contributed by atoms with van der Waals surface area (Å²) in [6.45, 7) is 7.42. The molecule has 0 aromatic heterocycles. The maximum atomic E-state index is 5.60. The lowest BCUT2D eigenvalue weighted by atomic mass is 10.2. The molecule has 2 aliphatic rings. The van der Waals surface area contributed by atoms with Crippen molar-refractivity contribution in [2.75, 3.05) is 32.8 Å². The first-order valence-electron chi connectivity index (χ1n) is 5.34. The predicted octanol–water partition coefficient (Wildman–Crippen LogP) is 0.886. The van der Waals surface area contributed by atoms with Crippen LogP contribution in [0.4, 0.5) is 0 Å². The van der Waals surface area contributed by atoms with Crippen LogP contribution in [0.15, 0.2) is 0 Å². The van der Waals surface area contributed by atoms with Crippen molar-refractivity contribution >= 4 is 0 Å². The van der Waals surface area contributed by atoms with Crippen LogP contribution in [0, 0.1) is 0 Å². The maximum absolute atomic E-state index is 5.60. The highest BCUT2D eigenvalue weighted by molar-refractivity contribution is 4.77. The summed E-state index contributed by atoms with van der Waals surface area (Å²) in [6, 6.07) is 0. The van der Waals surface area contributed by atoms with Gasteiger partial charge in [0.2, 0.25) is 0 Å². The predicted molar refractivity (Wildman–Crippen MR) is 50.8 cm³/mol. The van der Waals surface area contributed by atoms with Gasteiger partial charge >= 0.3 is 0 Å². The van der Waals surface area contributed by atoms with Crippen molar-refractivity contribution in [1.82, 2.24) is 4.90 Å². The lowest BCUT2D eigenvalue weighted by Gasteiger charge is -2.22. The molecule has 3 nitrogen and oxygen atoms in total. The molecule has 76 valence electrons. The van der Waals surface area contributed by atoms with Crippen molar-refractivity contribution < 1.29 is 9.47 Å². The third-order valence-electron chi connectivity index (χ3n) is 2.80. The minimum atomic E-state index is 0.485. The van der Waals surface area contributed by atoms with Crippen LogP contribution in [0.5, 0.6) is 0 Å². The zero-order valence-corrected chi connectivity index (χ0v) is 8.37. The van der Waals surface area contributed by atoms with Crippen LogP contribution in [-0.4, -0.2) is 50.0 Å². The van der Waals surface area contributed by atoms with E-state index in [0.717, 1.165) is 32.8 Å². The normalized spacial score (nSPS) is 32.8. The molecule has 2 unspecified atom stereocenters. The molecular formula is C10H19NO2. The topological polar surface area (TPSA) is 25.0 Å². The van der Waals surface area contributed by atoms with Crippen molar-refractivity contribution in [1.29, 1.82) is 0 Å². The lowest BCUT2D eigenvalue weighted by molar-refractivity contribution is 0.0725. The van der Waals surface area contributed by atoms with Gasteiger partial charge in [0.05, 0.1) is 18.8 Å². The Labute approximate surface area is 80.0 Å². The summed E-state index contributed by atoms with van der Waals surface area (Å²) in [5.41, 5.74) is 0. The summed E-state index contributed by atoms with van der Waals surface area (Å²) in [4.78, 5) is 2.44. The van der Waals surface area contributed by atoms with E-state index in [-0.39, 0.29) is 0 Å². The number of nitrogens with zero attached hydrogens (tertiary/aromatic N) is 1. The molecule has 13 heavy (non-hydrogen) atoms. The molecule has 0 saturated carbocycles. The summed E-state index contributed by atoms with van der Waals surface area (Å²) >= 11 is 0. The standard InChI is InChI=1S/C10H19NO2/c1-2-11(7-10-8-13-10)6-9-4-3-5-12-9/h9-10H,2-8H2,1H3. The van der Waals surface area contributed by atoms with Crippen LogP contribution in [0.25, 0.3) is 0 Å². The molecule has 3 heteroatoms. The van der Waals surface area contributed by atoms with E-state index in [1.165, 1.54) is 12.8 Å². The number of epoxide rings is 1. The monoisotopic (exact) mass is 185 g/mol. The molecule has 2 atom stereocenters. The number of hydrogen-bond donors (Lipinski definition) is 0. The fourth-order valence-corrected chi connectivity index (χ4v) is 1.87. The minimum Gasteiger partial charge on any atom is -0.377 e. The fraction of sp³-hybridized carbons (Fsp3) is 1.00. The molecule has 0 amide bonds. The Bertz CT molecular complexity index is 153. The third-order valence-corrected chi connectivity index (χ3v) is 2.80. The maximum Gasteiger partial charge on any atom is 0.0936 e. The average Bonchev–Trinajstić information content (AvgIpc) is 2.80. The quantitative estimate of drug-likeness (QED) is 0.595. The van der Waals surface area contributed by atoms with Gasteiger partial charge in [0.25, 0.3) is 0 Å². The van der Waals surface area contributed by atoms with Gasteiger partial charge in [-0.25, -0.2) is 0 Å². The van der Waals surface area contributed by atoms with E-state index in [1.807, 2.05) is 0 Å². The summed E-state index contributed by atoms with van der Waals surface area (Å²) in [7, 11) is 0. The first-order valence-corrected chi connectivity index (χ1v) is 5.34. The van der Waals surface area contributed by atoms with Gasteiger partial charge in [-0.2, -0.15) is 0 Å². The highest BCUT2D eigenvalue weighted by atomic mass is 16.6. The van der Waals surface area contributed by atoms with E-state index in [9.17, 15) is 0 Å². The second-order valence-corrected chi connectivity index (χ2v) is 3.94. The molecular weight excluding hydrogens is 166 g/mol. The van der Waals surface area contributed by atoms with Gasteiger partial charge in [0.1, 0.15) is 0 Å². The first-order chi connectivity index (χ1) is 6.38. The summed E-state index contributed by atoms with van der Waals surface area (Å²) in [5.74, 6) is 0. The summed E-state index contributed by atoms with van der Waals surface area (Å²) in [5, 5.41) is 0. The van der Waals surface area contributed by atoms with E-state index < -0.39 is 0 Å². The van der Waals surface area contributed by atoms with E-state index in [2.05, 4.69) is 11.8 Å². The molecule has 2 heterocycles. The van der Waals surface area contributed by atoms with Gasteiger partial charge < -0.3 is 9.47 Å². The van der Waals surface area contributed by atoms with E-state index in [4.69, 9.17) is 9.47 Å². The molecule has 0 radical (unpaired) electrons. The van der Waals surface area contributed by atoms with E-state index >= 15 is 0 Å². The largest absolute Gasteiger partial charge is 0.377 e. The van der Waals surface area contributed by atoms with Gasteiger partial charge in [-0.1, -0.05) is 6.92 Å². The Morgan fingerprint density at radius 2 is 2.00 bits per heavy atom. The number of likely N-dealkylation sites (N-methyl/N-ethyl adjacent to an activating group) is 1. The Morgan fingerprint density at radius 1 is 1.23 bits per heavy atom. The van der Waals surface area contributed by atoms with Crippen LogP contribution in [0.3, 0.4) is 0 Å². The Hall–Kier alpha value is -0.120. The summed E-state index contributed by atoms with van der Waals surface area (Å²) in [6.07, 6.45) is 3.48. The molecule has 0 aromatic carbocycles. The lowest BCUT2D eigenvalue weighted by Crippen LogP contribution is -2.34. The van der Waals surface area contributed by atoms with Crippen molar-refractivity contribution in [3.05, 3.63) is 0 Å². The minimum absolute atomic E-state index is 0.485. The SMILES string of the molecule is CCN(CC1CCCO1)CC1CO1. The zero-order valence-electron chi connectivity index (χ0n) is 8.37. The van der Waals surface area contributed by atoms with Crippen LogP contribution in [-0.2, 0) is 9.47 Å². The molecule has 0 spiro atoms. The van der Waals surface area contributed by atoms with Crippen molar-refractivity contribution in [2.24, 2.45) is 0 Å². The molecule has 0 bridgehead atoms. The van der Waals surface area contributed by atoms with Crippen molar-refractivity contribution in [3.63, 3.8) is 0 Å². The highest BCUT2D eigenvalue weighted by Gasteiger charge is 2.26. The highest BCUT2D eigenvalue weighted by Crippen LogP contribution is 2.16. The first kappa shape index (κ1) is 9.44. The molecule has 2 rings (SSSR count).